The van der Waals surface area contributed by atoms with Gasteiger partial charge in [-0.2, -0.15) is 0 Å². The monoisotopic (exact) mass is 268 g/mol. The van der Waals surface area contributed by atoms with Crippen LogP contribution in [0.3, 0.4) is 0 Å². The van der Waals surface area contributed by atoms with Crippen molar-refractivity contribution in [3.05, 3.63) is 17.8 Å². The minimum absolute atomic E-state index is 0. The van der Waals surface area contributed by atoms with Crippen LogP contribution in [0, 0.1) is 13.8 Å². The van der Waals surface area contributed by atoms with Crippen molar-refractivity contribution in [3.63, 3.8) is 0 Å². The highest BCUT2D eigenvalue weighted by molar-refractivity contribution is 5.85. The summed E-state index contributed by atoms with van der Waals surface area (Å²) in [5.74, 6) is 2.48. The Bertz CT molecular complexity index is 505. The van der Waals surface area contributed by atoms with E-state index in [9.17, 15) is 0 Å². The molecule has 3 aliphatic heterocycles. The summed E-state index contributed by atoms with van der Waals surface area (Å²) < 4.78 is 2.09. The number of nitrogens with one attached hydrogen (secondary N) is 1. The standard InChI is InChI=1S/C11H16N6.ClH/c1-8-13-10-7-17(9(2)15-11(10)14-8)16-5-3-12-4-6-16;/h7,12H,3-6H2,1-2H3;1H. The van der Waals surface area contributed by atoms with Crippen molar-refractivity contribution in [1.29, 1.82) is 0 Å². The van der Waals surface area contributed by atoms with Crippen LogP contribution in [-0.2, 0) is 0 Å². The van der Waals surface area contributed by atoms with E-state index in [2.05, 4.69) is 30.0 Å². The Hall–Kier alpha value is -1.40. The predicted molar refractivity (Wildman–Crippen MR) is 72.0 cm³/mol. The van der Waals surface area contributed by atoms with Crippen molar-refractivity contribution >= 4 is 12.4 Å². The van der Waals surface area contributed by atoms with Crippen molar-refractivity contribution in [2.75, 3.05) is 31.2 Å². The molecule has 0 amide bonds. The second kappa shape index (κ2) is 5.07. The molecule has 0 saturated carbocycles. The molecule has 3 aliphatic rings. The van der Waals surface area contributed by atoms with E-state index in [1.807, 2.05) is 20.0 Å². The highest BCUT2D eigenvalue weighted by Gasteiger charge is 2.16. The van der Waals surface area contributed by atoms with E-state index < -0.39 is 0 Å². The number of aromatic nitrogens is 4. The molecule has 0 aromatic carbocycles. The van der Waals surface area contributed by atoms with Crippen molar-refractivity contribution in [1.82, 2.24) is 24.9 Å². The average molecular weight is 269 g/mol. The van der Waals surface area contributed by atoms with Crippen LogP contribution >= 0.6 is 12.4 Å². The molecule has 1 saturated heterocycles. The lowest BCUT2D eigenvalue weighted by molar-refractivity contribution is 0.478. The van der Waals surface area contributed by atoms with Crippen LogP contribution in [-0.4, -0.2) is 45.8 Å². The number of aryl methyl sites for hydroxylation is 2. The predicted octanol–water partition coefficient (Wildman–Crippen LogP) is 0.358. The van der Waals surface area contributed by atoms with E-state index in [4.69, 9.17) is 0 Å². The van der Waals surface area contributed by atoms with E-state index in [1.165, 1.54) is 0 Å². The quantitative estimate of drug-likeness (QED) is 0.809. The second-order valence-electron chi connectivity index (χ2n) is 4.32. The zero-order chi connectivity index (χ0) is 11.8. The summed E-state index contributed by atoms with van der Waals surface area (Å²) in [5.41, 5.74) is 0.867. The Morgan fingerprint density at radius 2 is 1.83 bits per heavy atom. The first-order chi connectivity index (χ1) is 8.24. The normalized spacial score (nSPS) is 15.8. The van der Waals surface area contributed by atoms with Crippen LogP contribution in [0.4, 0.5) is 0 Å². The largest absolute Gasteiger partial charge is 0.313 e. The maximum Gasteiger partial charge on any atom is 0.183 e. The van der Waals surface area contributed by atoms with Crippen LogP contribution in [0.1, 0.15) is 11.6 Å². The van der Waals surface area contributed by atoms with Gasteiger partial charge in [0, 0.05) is 26.2 Å². The molecule has 0 radical (unpaired) electrons. The fourth-order valence-electron chi connectivity index (χ4n) is 2.20. The van der Waals surface area contributed by atoms with Crippen LogP contribution in [0.5, 0.6) is 0 Å². The number of halogens is 1. The molecule has 1 N–H and O–H groups in total. The van der Waals surface area contributed by atoms with Gasteiger partial charge in [-0.05, 0) is 13.8 Å². The number of rotatable bonds is 1. The summed E-state index contributed by atoms with van der Waals surface area (Å²) in [6.07, 6.45) is 2.03. The molecular weight excluding hydrogens is 252 g/mol. The lowest BCUT2D eigenvalue weighted by Gasteiger charge is -2.32. The number of hydrogen-bond acceptors (Lipinski definition) is 5. The summed E-state index contributed by atoms with van der Waals surface area (Å²) in [6.45, 7) is 7.90. The molecule has 3 heterocycles. The molecule has 6 nitrogen and oxygen atoms in total. The molecule has 0 aliphatic carbocycles. The van der Waals surface area contributed by atoms with Crippen molar-refractivity contribution in [2.45, 2.75) is 13.8 Å². The fourth-order valence-corrected chi connectivity index (χ4v) is 2.20. The van der Waals surface area contributed by atoms with Gasteiger partial charge in [-0.15, -0.1) is 12.4 Å². The molecular formula is C11H17ClN6. The SMILES string of the molecule is Cc1nc2cn(N3CCNCC3)c(C)nc-2n1.Cl. The Balaban J connectivity index is 0.00000120. The Kier molecular flexibility index (Phi) is 3.68. The van der Waals surface area contributed by atoms with Crippen LogP contribution in [0.25, 0.3) is 11.5 Å². The van der Waals surface area contributed by atoms with Gasteiger partial charge in [0.05, 0.1) is 6.20 Å². The molecule has 0 aromatic rings. The Morgan fingerprint density at radius 3 is 2.56 bits per heavy atom. The first-order valence-electron chi connectivity index (χ1n) is 5.90. The zero-order valence-corrected chi connectivity index (χ0v) is 11.4. The second-order valence-corrected chi connectivity index (χ2v) is 4.32. The first-order valence-corrected chi connectivity index (χ1v) is 5.90. The summed E-state index contributed by atoms with van der Waals surface area (Å²) >= 11 is 0. The van der Waals surface area contributed by atoms with Crippen LogP contribution < -0.4 is 10.3 Å². The Morgan fingerprint density at radius 1 is 1.11 bits per heavy atom. The molecule has 1 fully saturated rings. The van der Waals surface area contributed by atoms with Gasteiger partial charge in [-0.1, -0.05) is 0 Å². The van der Waals surface area contributed by atoms with Crippen molar-refractivity contribution in [2.24, 2.45) is 0 Å². The highest BCUT2D eigenvalue weighted by atomic mass is 35.5. The lowest BCUT2D eigenvalue weighted by Crippen LogP contribution is -2.49. The average Bonchev–Trinajstić information content (AvgIpc) is 2.68. The zero-order valence-electron chi connectivity index (χ0n) is 10.6. The summed E-state index contributed by atoms with van der Waals surface area (Å²) in [6, 6.07) is 0. The molecule has 0 bridgehead atoms. The van der Waals surface area contributed by atoms with Gasteiger partial charge >= 0.3 is 0 Å². The van der Waals surface area contributed by atoms with Crippen molar-refractivity contribution < 1.29 is 0 Å². The van der Waals surface area contributed by atoms with E-state index in [0.29, 0.717) is 0 Å². The molecule has 0 aromatic heterocycles. The van der Waals surface area contributed by atoms with Gasteiger partial charge in [0.1, 0.15) is 17.3 Å². The molecule has 0 spiro atoms. The maximum atomic E-state index is 4.50. The number of imidazole rings is 1. The summed E-state index contributed by atoms with van der Waals surface area (Å²) in [4.78, 5) is 13.2. The Labute approximate surface area is 112 Å². The van der Waals surface area contributed by atoms with E-state index >= 15 is 0 Å². The molecule has 0 unspecified atom stereocenters. The summed E-state index contributed by atoms with van der Waals surface area (Å²) in [5, 5.41) is 5.62. The smallest absolute Gasteiger partial charge is 0.183 e. The molecule has 0 atom stereocenters. The number of hydrogen-bond donors (Lipinski definition) is 1. The highest BCUT2D eigenvalue weighted by Crippen LogP contribution is 2.16. The molecule has 18 heavy (non-hydrogen) atoms. The van der Waals surface area contributed by atoms with Crippen LogP contribution in [0.2, 0.25) is 0 Å². The van der Waals surface area contributed by atoms with Gasteiger partial charge in [0.25, 0.3) is 0 Å². The van der Waals surface area contributed by atoms with E-state index in [0.717, 1.165) is 49.3 Å². The third kappa shape index (κ3) is 2.26. The van der Waals surface area contributed by atoms with E-state index in [1.54, 1.807) is 0 Å². The third-order valence-corrected chi connectivity index (χ3v) is 3.02. The van der Waals surface area contributed by atoms with Gasteiger partial charge < -0.3 is 10.3 Å². The number of piperazine rings is 1. The lowest BCUT2D eigenvalue weighted by atomic mass is 10.4. The minimum Gasteiger partial charge on any atom is -0.313 e. The summed E-state index contributed by atoms with van der Waals surface area (Å²) in [7, 11) is 0. The topological polar surface area (TPSA) is 58.9 Å². The van der Waals surface area contributed by atoms with E-state index in [-0.39, 0.29) is 12.4 Å². The molecule has 7 heteroatoms. The van der Waals surface area contributed by atoms with Gasteiger partial charge in [-0.3, -0.25) is 0 Å². The number of nitrogens with zero attached hydrogens (tertiary/aromatic N) is 5. The maximum absolute atomic E-state index is 4.50. The number of fused-ring (bicyclic) bond motifs is 1. The van der Waals surface area contributed by atoms with Gasteiger partial charge in [0.2, 0.25) is 0 Å². The molecule has 98 valence electrons. The van der Waals surface area contributed by atoms with Gasteiger partial charge in [-0.25, -0.2) is 19.6 Å². The minimum atomic E-state index is 0. The first kappa shape index (κ1) is 13.0. The fraction of sp³-hybridized carbons (Fsp3) is 0.545. The van der Waals surface area contributed by atoms with Crippen LogP contribution in [0.15, 0.2) is 6.20 Å². The van der Waals surface area contributed by atoms with Crippen molar-refractivity contribution in [3.8, 4) is 11.5 Å². The third-order valence-electron chi connectivity index (χ3n) is 3.02. The van der Waals surface area contributed by atoms with Gasteiger partial charge in [0.15, 0.2) is 5.82 Å². The molecule has 3 rings (SSSR count).